The Balaban J connectivity index is 2.08. The Labute approximate surface area is 152 Å². The smallest absolute Gasteiger partial charge is 0.227 e. The van der Waals surface area contributed by atoms with Gasteiger partial charge in [-0.15, -0.1) is 0 Å². The van der Waals surface area contributed by atoms with E-state index in [2.05, 4.69) is 47.9 Å². The number of hydrogen-bond acceptors (Lipinski definition) is 4. The summed E-state index contributed by atoms with van der Waals surface area (Å²) in [5.41, 5.74) is 1.17. The van der Waals surface area contributed by atoms with Crippen molar-refractivity contribution in [1.82, 2.24) is 24.9 Å². The molecule has 0 aliphatic carbocycles. The summed E-state index contributed by atoms with van der Waals surface area (Å²) in [6.45, 7) is 15.0. The van der Waals surface area contributed by atoms with Crippen molar-refractivity contribution in [3.8, 4) is 0 Å². The van der Waals surface area contributed by atoms with Gasteiger partial charge in [0.15, 0.2) is 0 Å². The second kappa shape index (κ2) is 9.34. The van der Waals surface area contributed by atoms with E-state index < -0.39 is 0 Å². The van der Waals surface area contributed by atoms with Crippen LogP contribution in [0.2, 0.25) is 0 Å². The van der Waals surface area contributed by atoms with Crippen LogP contribution in [0.1, 0.15) is 39.2 Å². The molecule has 1 fully saturated rings. The van der Waals surface area contributed by atoms with Crippen molar-refractivity contribution in [3.63, 3.8) is 0 Å². The fourth-order valence-corrected chi connectivity index (χ4v) is 3.69. The lowest BCUT2D eigenvalue weighted by molar-refractivity contribution is -0.136. The van der Waals surface area contributed by atoms with Crippen LogP contribution in [0.3, 0.4) is 0 Å². The van der Waals surface area contributed by atoms with Crippen LogP contribution < -0.4 is 5.32 Å². The number of rotatable bonds is 9. The molecular formula is C19H35N5O. The number of nitrogens with one attached hydrogen (secondary N) is 1. The van der Waals surface area contributed by atoms with Gasteiger partial charge in [-0.25, -0.2) is 0 Å². The van der Waals surface area contributed by atoms with Crippen LogP contribution in [-0.2, 0) is 11.8 Å². The molecule has 6 nitrogen and oxygen atoms in total. The van der Waals surface area contributed by atoms with Crippen molar-refractivity contribution >= 4 is 5.91 Å². The zero-order chi connectivity index (χ0) is 18.4. The molecular weight excluding hydrogens is 314 g/mol. The SMILES string of the molecule is CCN(CC)CCN(CC(C)C)C(=O)[C@H]1CNC[C@@H]1c1cnn(C)c1. The third-order valence-corrected chi connectivity index (χ3v) is 5.16. The van der Waals surface area contributed by atoms with Gasteiger partial charge in [0.1, 0.15) is 0 Å². The normalized spacial score (nSPS) is 20.6. The van der Waals surface area contributed by atoms with Crippen molar-refractivity contribution in [3.05, 3.63) is 18.0 Å². The molecule has 1 N–H and O–H groups in total. The van der Waals surface area contributed by atoms with Gasteiger partial charge in [-0.3, -0.25) is 9.48 Å². The monoisotopic (exact) mass is 349 g/mol. The molecule has 1 saturated heterocycles. The third-order valence-electron chi connectivity index (χ3n) is 5.16. The number of amides is 1. The molecule has 0 bridgehead atoms. The first-order valence-electron chi connectivity index (χ1n) is 9.66. The van der Waals surface area contributed by atoms with Gasteiger partial charge in [0, 0.05) is 51.9 Å². The van der Waals surface area contributed by atoms with Crippen LogP contribution in [0.4, 0.5) is 0 Å². The second-order valence-electron chi connectivity index (χ2n) is 7.52. The Kier molecular flexibility index (Phi) is 7.44. The van der Waals surface area contributed by atoms with Crippen LogP contribution in [0.5, 0.6) is 0 Å². The summed E-state index contributed by atoms with van der Waals surface area (Å²) in [7, 11) is 1.93. The molecule has 25 heavy (non-hydrogen) atoms. The van der Waals surface area contributed by atoms with Gasteiger partial charge in [0.05, 0.1) is 12.1 Å². The first kappa shape index (κ1) is 19.9. The molecule has 6 heteroatoms. The summed E-state index contributed by atoms with van der Waals surface area (Å²) in [6, 6.07) is 0. The van der Waals surface area contributed by atoms with E-state index in [1.54, 1.807) is 0 Å². The summed E-state index contributed by atoms with van der Waals surface area (Å²) in [5, 5.41) is 7.70. The topological polar surface area (TPSA) is 53.4 Å². The van der Waals surface area contributed by atoms with E-state index in [4.69, 9.17) is 0 Å². The standard InChI is InChI=1S/C19H35N5O/c1-6-23(7-2)8-9-24(13-15(3)4)19(25)18-12-20-11-17(18)16-10-21-22(5)14-16/h10,14-15,17-18,20H,6-9,11-13H2,1-5H3/t17-,18+/m1/s1. The Morgan fingerprint density at radius 1 is 1.32 bits per heavy atom. The molecule has 1 aliphatic rings. The van der Waals surface area contributed by atoms with Gasteiger partial charge in [-0.1, -0.05) is 27.7 Å². The predicted octanol–water partition coefficient (Wildman–Crippen LogP) is 1.55. The van der Waals surface area contributed by atoms with Gasteiger partial charge in [-0.2, -0.15) is 5.10 Å². The first-order chi connectivity index (χ1) is 12.0. The Morgan fingerprint density at radius 2 is 2.04 bits per heavy atom. The highest BCUT2D eigenvalue weighted by molar-refractivity contribution is 5.80. The van der Waals surface area contributed by atoms with Crippen LogP contribution >= 0.6 is 0 Å². The van der Waals surface area contributed by atoms with Crippen LogP contribution in [0, 0.1) is 11.8 Å². The van der Waals surface area contributed by atoms with E-state index in [9.17, 15) is 4.79 Å². The maximum Gasteiger partial charge on any atom is 0.227 e. The van der Waals surface area contributed by atoms with E-state index >= 15 is 0 Å². The molecule has 142 valence electrons. The number of carbonyl (C=O) groups excluding carboxylic acids is 1. The molecule has 0 unspecified atom stereocenters. The molecule has 1 aromatic heterocycles. The van der Waals surface area contributed by atoms with Gasteiger partial charge in [-0.05, 0) is 24.6 Å². The Morgan fingerprint density at radius 3 is 2.60 bits per heavy atom. The van der Waals surface area contributed by atoms with Crippen LogP contribution in [0.15, 0.2) is 12.4 Å². The third kappa shape index (κ3) is 5.28. The molecule has 1 amide bonds. The van der Waals surface area contributed by atoms with Crippen molar-refractivity contribution in [2.45, 2.75) is 33.6 Å². The number of likely N-dealkylation sites (N-methyl/N-ethyl adjacent to an activating group) is 1. The molecule has 0 spiro atoms. The predicted molar refractivity (Wildman–Crippen MR) is 102 cm³/mol. The maximum absolute atomic E-state index is 13.3. The minimum absolute atomic E-state index is 0.0136. The second-order valence-corrected chi connectivity index (χ2v) is 7.52. The summed E-state index contributed by atoms with van der Waals surface area (Å²) in [6.07, 6.45) is 3.95. The molecule has 2 heterocycles. The minimum Gasteiger partial charge on any atom is -0.341 e. The van der Waals surface area contributed by atoms with Gasteiger partial charge in [0.25, 0.3) is 0 Å². The van der Waals surface area contributed by atoms with Crippen molar-refractivity contribution in [1.29, 1.82) is 0 Å². The number of nitrogens with zero attached hydrogens (tertiary/aromatic N) is 4. The molecule has 1 aliphatic heterocycles. The van der Waals surface area contributed by atoms with Crippen LogP contribution in [-0.4, -0.2) is 71.3 Å². The summed E-state index contributed by atoms with van der Waals surface area (Å²) >= 11 is 0. The highest BCUT2D eigenvalue weighted by atomic mass is 16.2. The molecule has 0 aromatic carbocycles. The molecule has 1 aromatic rings. The van der Waals surface area contributed by atoms with E-state index in [-0.39, 0.29) is 11.8 Å². The number of aromatic nitrogens is 2. The number of aryl methyl sites for hydroxylation is 1. The number of hydrogen-bond donors (Lipinski definition) is 1. The van der Waals surface area contributed by atoms with Gasteiger partial charge < -0.3 is 15.1 Å². The van der Waals surface area contributed by atoms with E-state index in [0.717, 1.165) is 45.8 Å². The summed E-state index contributed by atoms with van der Waals surface area (Å²) in [4.78, 5) is 17.8. The van der Waals surface area contributed by atoms with Crippen LogP contribution in [0.25, 0.3) is 0 Å². The van der Waals surface area contributed by atoms with Gasteiger partial charge in [0.2, 0.25) is 5.91 Å². The van der Waals surface area contributed by atoms with Crippen molar-refractivity contribution < 1.29 is 4.79 Å². The summed E-state index contributed by atoms with van der Waals surface area (Å²) in [5.74, 6) is 1.01. The number of carbonyl (C=O) groups is 1. The lowest BCUT2D eigenvalue weighted by Gasteiger charge is -2.31. The molecule has 0 saturated carbocycles. The molecule has 2 rings (SSSR count). The quantitative estimate of drug-likeness (QED) is 0.735. The van der Waals surface area contributed by atoms with E-state index in [0.29, 0.717) is 11.8 Å². The highest BCUT2D eigenvalue weighted by Gasteiger charge is 2.37. The maximum atomic E-state index is 13.3. The fraction of sp³-hybridized carbons (Fsp3) is 0.789. The van der Waals surface area contributed by atoms with E-state index in [1.165, 1.54) is 5.56 Å². The Bertz CT molecular complexity index is 538. The molecule has 0 radical (unpaired) electrons. The zero-order valence-corrected chi connectivity index (χ0v) is 16.5. The molecule has 2 atom stereocenters. The fourth-order valence-electron chi connectivity index (χ4n) is 3.69. The highest BCUT2D eigenvalue weighted by Crippen LogP contribution is 2.29. The van der Waals surface area contributed by atoms with Crippen molar-refractivity contribution in [2.24, 2.45) is 18.9 Å². The lowest BCUT2D eigenvalue weighted by Crippen LogP contribution is -2.44. The zero-order valence-electron chi connectivity index (χ0n) is 16.5. The van der Waals surface area contributed by atoms with E-state index in [1.807, 2.05) is 24.1 Å². The van der Waals surface area contributed by atoms with Gasteiger partial charge >= 0.3 is 0 Å². The minimum atomic E-state index is 0.0136. The lowest BCUT2D eigenvalue weighted by atomic mass is 9.89. The Hall–Kier alpha value is -1.40. The first-order valence-corrected chi connectivity index (χ1v) is 9.66. The largest absolute Gasteiger partial charge is 0.341 e. The summed E-state index contributed by atoms with van der Waals surface area (Å²) < 4.78 is 1.82. The average molecular weight is 350 g/mol. The average Bonchev–Trinajstić information content (AvgIpc) is 3.22. The van der Waals surface area contributed by atoms with Crippen molar-refractivity contribution in [2.75, 3.05) is 45.8 Å².